The first-order chi connectivity index (χ1) is 10.1. The van der Waals surface area contributed by atoms with Gasteiger partial charge in [0, 0.05) is 29.2 Å². The zero-order chi connectivity index (χ0) is 14.8. The topological polar surface area (TPSA) is 30.9 Å². The summed E-state index contributed by atoms with van der Waals surface area (Å²) in [6, 6.07) is 11.5. The van der Waals surface area contributed by atoms with Gasteiger partial charge in [0.15, 0.2) is 0 Å². The monoisotopic (exact) mass is 336 g/mol. The molecule has 0 aliphatic carbocycles. The Morgan fingerprint density at radius 3 is 2.41 bits per heavy atom. The molecular weight excluding hydrogens is 312 g/mol. The van der Waals surface area contributed by atoms with Gasteiger partial charge in [-0.3, -0.25) is 0 Å². The fraction of sp³-hybridized carbons (Fsp3) is 0.444. The number of piperidine rings is 1. The molecule has 0 saturated carbocycles. The van der Waals surface area contributed by atoms with Crippen molar-refractivity contribution in [2.75, 3.05) is 18.0 Å². The Labute approximate surface area is 143 Å². The number of nitrogens with zero attached hydrogens (tertiary/aromatic N) is 1. The molecule has 120 valence electrons. The van der Waals surface area contributed by atoms with Crippen LogP contribution in [0.3, 0.4) is 0 Å². The van der Waals surface area contributed by atoms with Crippen LogP contribution in [0.15, 0.2) is 30.3 Å². The molecule has 1 aliphatic rings. The maximum Gasteiger partial charge on any atom is 0.147 e. The Hall–Kier alpha value is -1.03. The van der Waals surface area contributed by atoms with Crippen LogP contribution in [-0.2, 0) is 0 Å². The van der Waals surface area contributed by atoms with Crippen LogP contribution < -0.4 is 23.0 Å². The third-order valence-corrected chi connectivity index (χ3v) is 5.48. The van der Waals surface area contributed by atoms with Crippen LogP contribution in [0.4, 0.5) is 5.69 Å². The number of hydrogen-bond acceptors (Lipinski definition) is 2. The van der Waals surface area contributed by atoms with Crippen molar-refractivity contribution in [3.05, 3.63) is 51.2 Å². The molecule has 3 N–H and O–H groups in total. The summed E-state index contributed by atoms with van der Waals surface area (Å²) in [5, 5.41) is 0. The lowest BCUT2D eigenvalue weighted by molar-refractivity contribution is -0.410. The second-order valence-corrected chi connectivity index (χ2v) is 7.43. The molecular formula is C18H25ClN2S. The van der Waals surface area contributed by atoms with E-state index in [1.807, 2.05) is 11.3 Å². The van der Waals surface area contributed by atoms with Crippen LogP contribution in [-0.4, -0.2) is 13.1 Å². The summed E-state index contributed by atoms with van der Waals surface area (Å²) in [6.07, 6.45) is 4.00. The molecule has 0 bridgehead atoms. The molecule has 22 heavy (non-hydrogen) atoms. The van der Waals surface area contributed by atoms with Gasteiger partial charge in [0.2, 0.25) is 0 Å². The van der Waals surface area contributed by atoms with Crippen LogP contribution in [0, 0.1) is 13.8 Å². The van der Waals surface area contributed by atoms with Crippen molar-refractivity contribution in [2.45, 2.75) is 39.2 Å². The van der Waals surface area contributed by atoms with Gasteiger partial charge in [-0.25, -0.2) is 0 Å². The maximum absolute atomic E-state index is 4.46. The SMILES string of the molecule is Cc1ccc(C([NH3+])c2ccc(C)s2)c(N2CCCCC2)c1.[Cl-]. The first-order valence-electron chi connectivity index (χ1n) is 7.90. The predicted molar refractivity (Wildman–Crippen MR) is 91.0 cm³/mol. The van der Waals surface area contributed by atoms with Crippen molar-refractivity contribution in [1.29, 1.82) is 0 Å². The number of hydrogen-bond donors (Lipinski definition) is 1. The number of quaternary nitrogens is 1. The van der Waals surface area contributed by atoms with Gasteiger partial charge in [-0.1, -0.05) is 12.1 Å². The van der Waals surface area contributed by atoms with Gasteiger partial charge in [-0.2, -0.15) is 0 Å². The molecule has 3 rings (SSSR count). The minimum absolute atomic E-state index is 0. The number of thiophene rings is 1. The van der Waals surface area contributed by atoms with Gasteiger partial charge in [-0.15, -0.1) is 11.3 Å². The summed E-state index contributed by atoms with van der Waals surface area (Å²) in [4.78, 5) is 5.30. The quantitative estimate of drug-likeness (QED) is 0.878. The van der Waals surface area contributed by atoms with E-state index in [4.69, 9.17) is 0 Å². The van der Waals surface area contributed by atoms with Crippen molar-refractivity contribution in [3.8, 4) is 0 Å². The molecule has 2 heterocycles. The lowest BCUT2D eigenvalue weighted by atomic mass is 9.99. The zero-order valence-corrected chi connectivity index (χ0v) is 15.0. The Balaban J connectivity index is 0.00000176. The molecule has 1 unspecified atom stereocenters. The number of rotatable bonds is 3. The minimum Gasteiger partial charge on any atom is -1.00 e. The van der Waals surface area contributed by atoms with E-state index in [-0.39, 0.29) is 18.4 Å². The first-order valence-corrected chi connectivity index (χ1v) is 8.72. The minimum atomic E-state index is 0. The van der Waals surface area contributed by atoms with Crippen molar-refractivity contribution in [2.24, 2.45) is 0 Å². The molecule has 0 amide bonds. The fourth-order valence-corrected chi connectivity index (χ4v) is 4.06. The second-order valence-electron chi connectivity index (χ2n) is 6.11. The summed E-state index contributed by atoms with van der Waals surface area (Å²) in [6.45, 7) is 6.73. The number of anilines is 1. The van der Waals surface area contributed by atoms with Gasteiger partial charge >= 0.3 is 0 Å². The van der Waals surface area contributed by atoms with E-state index in [1.54, 1.807) is 0 Å². The normalized spacial score (nSPS) is 16.2. The molecule has 0 radical (unpaired) electrons. The molecule has 1 saturated heterocycles. The van der Waals surface area contributed by atoms with Crippen LogP contribution >= 0.6 is 11.3 Å². The molecule has 1 aromatic heterocycles. The van der Waals surface area contributed by atoms with E-state index < -0.39 is 0 Å². The lowest BCUT2D eigenvalue weighted by Crippen LogP contribution is -3.00. The van der Waals surface area contributed by atoms with Gasteiger partial charge in [-0.05, 0) is 56.9 Å². The number of halogens is 1. The van der Waals surface area contributed by atoms with Gasteiger partial charge < -0.3 is 23.0 Å². The Kier molecular flexibility index (Phi) is 5.90. The molecule has 2 aromatic rings. The third-order valence-electron chi connectivity index (χ3n) is 4.36. The summed E-state index contributed by atoms with van der Waals surface area (Å²) in [7, 11) is 0. The highest BCUT2D eigenvalue weighted by Crippen LogP contribution is 2.33. The molecule has 1 aromatic carbocycles. The van der Waals surface area contributed by atoms with Crippen molar-refractivity contribution in [1.82, 2.24) is 0 Å². The van der Waals surface area contributed by atoms with E-state index >= 15 is 0 Å². The Bertz CT molecular complexity index is 617. The molecule has 1 atom stereocenters. The summed E-state index contributed by atoms with van der Waals surface area (Å²) >= 11 is 1.87. The van der Waals surface area contributed by atoms with Gasteiger partial charge in [0.05, 0.1) is 4.88 Å². The van der Waals surface area contributed by atoms with Crippen molar-refractivity contribution in [3.63, 3.8) is 0 Å². The smallest absolute Gasteiger partial charge is 0.147 e. The average molecular weight is 337 g/mol. The van der Waals surface area contributed by atoms with Crippen molar-refractivity contribution >= 4 is 17.0 Å². The van der Waals surface area contributed by atoms with E-state index in [0.717, 1.165) is 0 Å². The second kappa shape index (κ2) is 7.49. The zero-order valence-electron chi connectivity index (χ0n) is 13.4. The average Bonchev–Trinajstić information content (AvgIpc) is 2.94. The largest absolute Gasteiger partial charge is 1.00 e. The van der Waals surface area contributed by atoms with Gasteiger partial charge in [0.1, 0.15) is 6.04 Å². The number of benzene rings is 1. The molecule has 1 aliphatic heterocycles. The van der Waals surface area contributed by atoms with Crippen LogP contribution in [0.1, 0.15) is 46.2 Å². The van der Waals surface area contributed by atoms with Crippen LogP contribution in [0.2, 0.25) is 0 Å². The molecule has 4 heteroatoms. The van der Waals surface area contributed by atoms with E-state index in [0.29, 0.717) is 0 Å². The predicted octanol–water partition coefficient (Wildman–Crippen LogP) is 0.691. The Morgan fingerprint density at radius 1 is 1.05 bits per heavy atom. The van der Waals surface area contributed by atoms with Crippen LogP contribution in [0.5, 0.6) is 0 Å². The van der Waals surface area contributed by atoms with E-state index in [1.165, 1.54) is 58.9 Å². The number of aryl methyl sites for hydroxylation is 2. The molecule has 0 spiro atoms. The highest BCUT2D eigenvalue weighted by Gasteiger charge is 2.22. The van der Waals surface area contributed by atoms with E-state index in [9.17, 15) is 0 Å². The summed E-state index contributed by atoms with van der Waals surface area (Å²) in [5.41, 5.74) is 8.58. The van der Waals surface area contributed by atoms with Crippen molar-refractivity contribution < 1.29 is 18.1 Å². The Morgan fingerprint density at radius 2 is 1.77 bits per heavy atom. The highest BCUT2D eigenvalue weighted by molar-refractivity contribution is 7.12. The third kappa shape index (κ3) is 3.65. The first kappa shape index (κ1) is 17.3. The highest BCUT2D eigenvalue weighted by atomic mass is 35.5. The van der Waals surface area contributed by atoms with Gasteiger partial charge in [0.25, 0.3) is 0 Å². The van der Waals surface area contributed by atoms with Crippen LogP contribution in [0.25, 0.3) is 0 Å². The molecule has 2 nitrogen and oxygen atoms in total. The van der Waals surface area contributed by atoms with E-state index in [2.05, 4.69) is 54.8 Å². The lowest BCUT2D eigenvalue weighted by Gasteiger charge is -2.31. The summed E-state index contributed by atoms with van der Waals surface area (Å²) < 4.78 is 0. The molecule has 1 fully saturated rings. The summed E-state index contributed by atoms with van der Waals surface area (Å²) in [5.74, 6) is 0. The maximum atomic E-state index is 4.46. The fourth-order valence-electron chi connectivity index (χ4n) is 3.15. The standard InChI is InChI=1S/C18H24N2S.ClH/c1-13-6-8-15(18(19)17-9-7-14(2)21-17)16(12-13)20-10-4-3-5-11-20;/h6-9,12,18H,3-5,10-11,19H2,1-2H3;1H.